The largest absolute Gasteiger partial charge is 0.545 e. The zero-order valence-corrected chi connectivity index (χ0v) is 14.2. The molecule has 25 heavy (non-hydrogen) atoms. The lowest BCUT2D eigenvalue weighted by atomic mass is 10.1. The summed E-state index contributed by atoms with van der Waals surface area (Å²) in [6, 6.07) is 10.4. The highest BCUT2D eigenvalue weighted by Crippen LogP contribution is 2.26. The minimum absolute atomic E-state index is 0.0341. The number of amides is 3. The van der Waals surface area contributed by atoms with E-state index in [1.165, 1.54) is 30.3 Å². The van der Waals surface area contributed by atoms with E-state index in [9.17, 15) is 24.3 Å². The van der Waals surface area contributed by atoms with Gasteiger partial charge >= 0.3 is 0 Å². The van der Waals surface area contributed by atoms with Crippen LogP contribution in [0.25, 0.3) is 0 Å². The van der Waals surface area contributed by atoms with E-state index in [2.05, 4.69) is 21.2 Å². The van der Waals surface area contributed by atoms with Crippen molar-refractivity contribution < 1.29 is 24.3 Å². The summed E-state index contributed by atoms with van der Waals surface area (Å²) in [5, 5.41) is 13.4. The van der Waals surface area contributed by atoms with Crippen LogP contribution in [0, 0.1) is 0 Å². The van der Waals surface area contributed by atoms with E-state index in [1.807, 2.05) is 0 Å². The summed E-state index contributed by atoms with van der Waals surface area (Å²) in [6.45, 7) is -0.522. The Morgan fingerprint density at radius 3 is 2.44 bits per heavy atom. The molecule has 0 fully saturated rings. The molecule has 2 aromatic carbocycles. The molecule has 1 heterocycles. The number of para-hydroxylation sites is 1. The second-order valence-electron chi connectivity index (χ2n) is 5.27. The molecule has 0 atom stereocenters. The van der Waals surface area contributed by atoms with E-state index >= 15 is 0 Å². The Kier molecular flexibility index (Phi) is 4.37. The number of carbonyl (C=O) groups excluding carboxylic acids is 4. The number of hydrogen-bond donors (Lipinski definition) is 1. The highest BCUT2D eigenvalue weighted by atomic mass is 79.9. The number of nitrogens with one attached hydrogen (secondary N) is 1. The Morgan fingerprint density at radius 1 is 1.04 bits per heavy atom. The summed E-state index contributed by atoms with van der Waals surface area (Å²) in [5.74, 6) is -3.29. The molecular weight excluding hydrogens is 392 g/mol. The second kappa shape index (κ2) is 6.48. The SMILES string of the molecule is O=C(CN1C(=O)c2ccc(Br)cc2C1=O)Nc1ccccc1C(=O)[O-]. The van der Waals surface area contributed by atoms with Gasteiger partial charge in [-0.15, -0.1) is 0 Å². The van der Waals surface area contributed by atoms with E-state index in [1.54, 1.807) is 12.1 Å². The Labute approximate surface area is 150 Å². The highest BCUT2D eigenvalue weighted by Gasteiger charge is 2.36. The Bertz CT molecular complexity index is 925. The van der Waals surface area contributed by atoms with Crippen LogP contribution in [-0.2, 0) is 4.79 Å². The molecule has 0 saturated carbocycles. The summed E-state index contributed by atoms with van der Waals surface area (Å²) >= 11 is 3.23. The first-order valence-electron chi connectivity index (χ1n) is 7.14. The summed E-state index contributed by atoms with van der Waals surface area (Å²) in [6.07, 6.45) is 0. The number of imide groups is 1. The van der Waals surface area contributed by atoms with Crippen molar-refractivity contribution in [1.29, 1.82) is 0 Å². The lowest BCUT2D eigenvalue weighted by molar-refractivity contribution is -0.254. The van der Waals surface area contributed by atoms with Crippen molar-refractivity contribution in [3.05, 3.63) is 63.6 Å². The van der Waals surface area contributed by atoms with Gasteiger partial charge in [-0.2, -0.15) is 0 Å². The number of benzene rings is 2. The molecule has 0 spiro atoms. The van der Waals surface area contributed by atoms with E-state index in [-0.39, 0.29) is 22.4 Å². The van der Waals surface area contributed by atoms with Gasteiger partial charge in [0, 0.05) is 15.7 Å². The fourth-order valence-corrected chi connectivity index (χ4v) is 2.87. The summed E-state index contributed by atoms with van der Waals surface area (Å²) < 4.78 is 0.640. The number of anilines is 1. The van der Waals surface area contributed by atoms with Crippen molar-refractivity contribution >= 4 is 45.3 Å². The van der Waals surface area contributed by atoms with Gasteiger partial charge in [0.25, 0.3) is 11.8 Å². The molecule has 8 heteroatoms. The first-order valence-corrected chi connectivity index (χ1v) is 7.93. The molecule has 3 amide bonds. The van der Waals surface area contributed by atoms with Gasteiger partial charge in [-0.1, -0.05) is 34.1 Å². The maximum Gasteiger partial charge on any atom is 0.262 e. The maximum absolute atomic E-state index is 12.3. The maximum atomic E-state index is 12.3. The summed E-state index contributed by atoms with van der Waals surface area (Å²) in [4.78, 5) is 48.6. The average Bonchev–Trinajstić information content (AvgIpc) is 2.79. The Morgan fingerprint density at radius 2 is 1.72 bits per heavy atom. The molecule has 7 nitrogen and oxygen atoms in total. The first kappa shape index (κ1) is 16.8. The number of carboxylic acid groups (broad SMARTS) is 1. The molecule has 126 valence electrons. The first-order chi connectivity index (χ1) is 11.9. The van der Waals surface area contributed by atoms with Crippen LogP contribution in [0.4, 0.5) is 5.69 Å². The normalized spacial score (nSPS) is 12.9. The van der Waals surface area contributed by atoms with Crippen LogP contribution in [0.15, 0.2) is 46.9 Å². The summed E-state index contributed by atoms with van der Waals surface area (Å²) in [7, 11) is 0. The third-order valence-corrected chi connectivity index (χ3v) is 4.15. The third kappa shape index (κ3) is 3.16. The van der Waals surface area contributed by atoms with E-state index < -0.39 is 30.2 Å². The minimum atomic E-state index is -1.44. The monoisotopic (exact) mass is 401 g/mol. The zero-order valence-electron chi connectivity index (χ0n) is 12.6. The van der Waals surface area contributed by atoms with Crippen LogP contribution in [0.1, 0.15) is 31.1 Å². The topological polar surface area (TPSA) is 107 Å². The number of halogens is 1. The van der Waals surface area contributed by atoms with Gasteiger partial charge in [0.15, 0.2) is 0 Å². The van der Waals surface area contributed by atoms with Crippen molar-refractivity contribution in [2.24, 2.45) is 0 Å². The number of carbonyl (C=O) groups is 4. The van der Waals surface area contributed by atoms with Crippen LogP contribution in [0.5, 0.6) is 0 Å². The van der Waals surface area contributed by atoms with Gasteiger partial charge in [0.05, 0.1) is 17.1 Å². The molecule has 0 unspecified atom stereocenters. The molecule has 1 N–H and O–H groups in total. The van der Waals surface area contributed by atoms with Gasteiger partial charge in [-0.05, 0) is 24.3 Å². The molecule has 3 rings (SSSR count). The van der Waals surface area contributed by atoms with Crippen LogP contribution >= 0.6 is 15.9 Å². The van der Waals surface area contributed by atoms with Crippen LogP contribution in [0.2, 0.25) is 0 Å². The van der Waals surface area contributed by atoms with Crippen molar-refractivity contribution in [1.82, 2.24) is 4.90 Å². The van der Waals surface area contributed by atoms with E-state index in [4.69, 9.17) is 0 Å². The molecule has 0 bridgehead atoms. The Balaban J connectivity index is 1.78. The molecule has 1 aliphatic rings. The number of aromatic carboxylic acids is 1. The van der Waals surface area contributed by atoms with Crippen molar-refractivity contribution in [3.63, 3.8) is 0 Å². The fourth-order valence-electron chi connectivity index (χ4n) is 2.51. The van der Waals surface area contributed by atoms with Crippen molar-refractivity contribution in [2.45, 2.75) is 0 Å². The van der Waals surface area contributed by atoms with Gasteiger partial charge in [0.1, 0.15) is 6.54 Å². The number of rotatable bonds is 4. The summed E-state index contributed by atoms with van der Waals surface area (Å²) in [5.41, 5.74) is 0.271. The average molecular weight is 402 g/mol. The van der Waals surface area contributed by atoms with Gasteiger partial charge in [-0.3, -0.25) is 19.3 Å². The van der Waals surface area contributed by atoms with Crippen molar-refractivity contribution in [3.8, 4) is 0 Å². The standard InChI is InChI=1S/C17H11BrN2O5/c18-9-5-6-10-12(7-9)16(23)20(15(10)22)8-14(21)19-13-4-2-1-3-11(13)17(24)25/h1-7H,8H2,(H,19,21)(H,24,25)/p-1. The quantitative estimate of drug-likeness (QED) is 0.770. The van der Waals surface area contributed by atoms with Crippen LogP contribution in [-0.4, -0.2) is 35.1 Å². The molecule has 2 aromatic rings. The lowest BCUT2D eigenvalue weighted by Gasteiger charge is -2.15. The van der Waals surface area contributed by atoms with Crippen molar-refractivity contribution in [2.75, 3.05) is 11.9 Å². The highest BCUT2D eigenvalue weighted by molar-refractivity contribution is 9.10. The second-order valence-corrected chi connectivity index (χ2v) is 6.18. The van der Waals surface area contributed by atoms with E-state index in [0.29, 0.717) is 4.47 Å². The van der Waals surface area contributed by atoms with Crippen LogP contribution < -0.4 is 10.4 Å². The number of carboxylic acids is 1. The minimum Gasteiger partial charge on any atom is -0.545 e. The zero-order chi connectivity index (χ0) is 18.1. The van der Waals surface area contributed by atoms with E-state index in [0.717, 1.165) is 4.90 Å². The molecule has 0 aliphatic carbocycles. The molecular formula is C17H10BrN2O5-. The molecule has 1 aliphatic heterocycles. The predicted octanol–water partition coefficient (Wildman–Crippen LogP) is 1.05. The van der Waals surface area contributed by atoms with Crippen LogP contribution in [0.3, 0.4) is 0 Å². The smallest absolute Gasteiger partial charge is 0.262 e. The number of fused-ring (bicyclic) bond motifs is 1. The van der Waals surface area contributed by atoms with Gasteiger partial charge in [0.2, 0.25) is 5.91 Å². The lowest BCUT2D eigenvalue weighted by Crippen LogP contribution is -2.37. The van der Waals surface area contributed by atoms with Gasteiger partial charge in [-0.25, -0.2) is 0 Å². The molecule has 0 aromatic heterocycles. The number of nitrogens with zero attached hydrogens (tertiary/aromatic N) is 1. The number of hydrogen-bond acceptors (Lipinski definition) is 5. The Hall–Kier alpha value is -3.00. The molecule has 0 radical (unpaired) electrons. The van der Waals surface area contributed by atoms with Gasteiger partial charge < -0.3 is 15.2 Å². The third-order valence-electron chi connectivity index (χ3n) is 3.66. The predicted molar refractivity (Wildman–Crippen MR) is 88.9 cm³/mol. The fraction of sp³-hybridized carbons (Fsp3) is 0.0588. The molecule has 0 saturated heterocycles.